The lowest BCUT2D eigenvalue weighted by atomic mass is 10.1. The van der Waals surface area contributed by atoms with Gasteiger partial charge < -0.3 is 15.7 Å². The van der Waals surface area contributed by atoms with Gasteiger partial charge in [0.1, 0.15) is 5.75 Å². The van der Waals surface area contributed by atoms with Crippen molar-refractivity contribution in [1.82, 2.24) is 4.90 Å². The van der Waals surface area contributed by atoms with Crippen LogP contribution in [-0.4, -0.2) is 24.1 Å². The molecule has 3 N–H and O–H groups in total. The molecule has 14 heavy (non-hydrogen) atoms. The van der Waals surface area contributed by atoms with E-state index in [1.165, 1.54) is 0 Å². The Labute approximate surface area is 92.7 Å². The molecule has 0 aliphatic heterocycles. The van der Waals surface area contributed by atoms with Gasteiger partial charge in [0, 0.05) is 18.7 Å². The fourth-order valence-corrected chi connectivity index (χ4v) is 1.85. The number of nitrogens with zero attached hydrogens (tertiary/aromatic N) is 1. The zero-order chi connectivity index (χ0) is 10.7. The lowest BCUT2D eigenvalue weighted by Gasteiger charge is -2.13. The van der Waals surface area contributed by atoms with Crippen molar-refractivity contribution in [3.05, 3.63) is 27.7 Å². The van der Waals surface area contributed by atoms with Gasteiger partial charge in [0.05, 0.1) is 4.47 Å². The van der Waals surface area contributed by atoms with Crippen LogP contribution in [0.5, 0.6) is 5.75 Å². The van der Waals surface area contributed by atoms with Gasteiger partial charge in [0.25, 0.3) is 0 Å². The maximum Gasteiger partial charge on any atom is 0.134 e. The zero-order valence-corrected chi connectivity index (χ0v) is 10.0. The first kappa shape index (κ1) is 11.5. The third-order valence-corrected chi connectivity index (χ3v) is 2.53. The molecule has 1 aromatic carbocycles. The summed E-state index contributed by atoms with van der Waals surface area (Å²) in [5.41, 5.74) is 7.47. The number of rotatable bonds is 3. The smallest absolute Gasteiger partial charge is 0.134 e. The molecule has 0 saturated carbocycles. The predicted octanol–water partition coefficient (Wildman–Crippen LogP) is 1.67. The van der Waals surface area contributed by atoms with E-state index in [1.807, 2.05) is 31.1 Å². The van der Waals surface area contributed by atoms with E-state index in [0.717, 1.165) is 11.1 Å². The largest absolute Gasteiger partial charge is 0.506 e. The molecule has 0 aromatic heterocycles. The first-order valence-corrected chi connectivity index (χ1v) is 5.19. The highest BCUT2D eigenvalue weighted by molar-refractivity contribution is 9.10. The Morgan fingerprint density at radius 1 is 1.43 bits per heavy atom. The summed E-state index contributed by atoms with van der Waals surface area (Å²) >= 11 is 3.30. The average molecular weight is 259 g/mol. The molecular formula is C10H15BrN2O. The van der Waals surface area contributed by atoms with Gasteiger partial charge in [0.2, 0.25) is 0 Å². The third-order valence-electron chi connectivity index (χ3n) is 1.92. The van der Waals surface area contributed by atoms with E-state index >= 15 is 0 Å². The number of hydrogen-bond acceptors (Lipinski definition) is 3. The van der Waals surface area contributed by atoms with Crippen LogP contribution >= 0.6 is 15.9 Å². The van der Waals surface area contributed by atoms with Gasteiger partial charge in [-0.15, -0.1) is 0 Å². The van der Waals surface area contributed by atoms with Gasteiger partial charge in [-0.1, -0.05) is 0 Å². The number of benzene rings is 1. The maximum absolute atomic E-state index is 9.75. The Balaban J connectivity index is 3.07. The molecule has 4 heteroatoms. The molecule has 3 nitrogen and oxygen atoms in total. The minimum absolute atomic E-state index is 0.302. The van der Waals surface area contributed by atoms with Crippen molar-refractivity contribution in [3.8, 4) is 5.75 Å². The van der Waals surface area contributed by atoms with Gasteiger partial charge in [-0.2, -0.15) is 0 Å². The number of halogens is 1. The summed E-state index contributed by atoms with van der Waals surface area (Å²) in [7, 11) is 3.92. The minimum atomic E-state index is 0.302. The second-order valence-corrected chi connectivity index (χ2v) is 4.38. The Kier molecular flexibility index (Phi) is 3.92. The van der Waals surface area contributed by atoms with Crippen molar-refractivity contribution in [3.63, 3.8) is 0 Å². The molecule has 0 heterocycles. The molecule has 0 bridgehead atoms. The van der Waals surface area contributed by atoms with E-state index in [-0.39, 0.29) is 0 Å². The normalized spacial score (nSPS) is 10.9. The first-order valence-electron chi connectivity index (χ1n) is 4.39. The lowest BCUT2D eigenvalue weighted by Crippen LogP contribution is -2.11. The highest BCUT2D eigenvalue weighted by Gasteiger charge is 2.08. The number of nitrogens with two attached hydrogens (primary N) is 1. The molecule has 0 atom stereocenters. The molecule has 78 valence electrons. The number of hydrogen-bond donors (Lipinski definition) is 2. The lowest BCUT2D eigenvalue weighted by molar-refractivity contribution is 0.384. The fraction of sp³-hybridized carbons (Fsp3) is 0.400. The third kappa shape index (κ3) is 2.70. The molecule has 0 spiro atoms. The van der Waals surface area contributed by atoms with Gasteiger partial charge in [0.15, 0.2) is 0 Å². The second kappa shape index (κ2) is 4.77. The van der Waals surface area contributed by atoms with Crippen LogP contribution in [0.3, 0.4) is 0 Å². The monoisotopic (exact) mass is 258 g/mol. The SMILES string of the molecule is CN(C)Cc1cc(CN)cc(Br)c1O. The molecule has 0 unspecified atom stereocenters. The van der Waals surface area contributed by atoms with Crippen molar-refractivity contribution in [2.24, 2.45) is 5.73 Å². The molecule has 0 amide bonds. The van der Waals surface area contributed by atoms with Crippen LogP contribution in [0.15, 0.2) is 16.6 Å². The average Bonchev–Trinajstić information content (AvgIpc) is 2.11. The Hall–Kier alpha value is -0.580. The summed E-state index contributed by atoms with van der Waals surface area (Å²) in [5.74, 6) is 0.302. The van der Waals surface area contributed by atoms with Crippen LogP contribution in [0.2, 0.25) is 0 Å². The van der Waals surface area contributed by atoms with Crippen LogP contribution in [0, 0.1) is 0 Å². The standard InChI is InChI=1S/C10H15BrN2O/c1-13(2)6-8-3-7(5-12)4-9(11)10(8)14/h3-4,14H,5-6,12H2,1-2H3. The van der Waals surface area contributed by atoms with Gasteiger partial charge in [-0.25, -0.2) is 0 Å². The zero-order valence-electron chi connectivity index (χ0n) is 8.42. The van der Waals surface area contributed by atoms with E-state index in [9.17, 15) is 5.11 Å². The van der Waals surface area contributed by atoms with Crippen LogP contribution in [0.4, 0.5) is 0 Å². The van der Waals surface area contributed by atoms with Crippen molar-refractivity contribution in [2.75, 3.05) is 14.1 Å². The van der Waals surface area contributed by atoms with Gasteiger partial charge >= 0.3 is 0 Å². The van der Waals surface area contributed by atoms with Crippen LogP contribution in [-0.2, 0) is 13.1 Å². The molecular weight excluding hydrogens is 244 g/mol. The maximum atomic E-state index is 9.75. The first-order chi connectivity index (χ1) is 6.54. The molecule has 0 saturated heterocycles. The summed E-state index contributed by atoms with van der Waals surface area (Å²) in [6, 6.07) is 3.77. The Morgan fingerprint density at radius 2 is 2.07 bits per heavy atom. The predicted molar refractivity (Wildman–Crippen MR) is 61.1 cm³/mol. The van der Waals surface area contributed by atoms with Gasteiger partial charge in [-0.3, -0.25) is 0 Å². The van der Waals surface area contributed by atoms with Crippen molar-refractivity contribution in [1.29, 1.82) is 0 Å². The molecule has 0 aliphatic rings. The molecule has 0 fully saturated rings. The van der Waals surface area contributed by atoms with E-state index in [1.54, 1.807) is 0 Å². The van der Waals surface area contributed by atoms with E-state index in [2.05, 4.69) is 15.9 Å². The van der Waals surface area contributed by atoms with Gasteiger partial charge in [-0.05, 0) is 47.7 Å². The highest BCUT2D eigenvalue weighted by Crippen LogP contribution is 2.29. The Morgan fingerprint density at radius 3 is 2.57 bits per heavy atom. The summed E-state index contributed by atoms with van der Waals surface area (Å²) in [4.78, 5) is 2.00. The fourth-order valence-electron chi connectivity index (χ4n) is 1.30. The van der Waals surface area contributed by atoms with Crippen LogP contribution in [0.1, 0.15) is 11.1 Å². The quantitative estimate of drug-likeness (QED) is 0.868. The summed E-state index contributed by atoms with van der Waals surface area (Å²) in [6.45, 7) is 1.19. The summed E-state index contributed by atoms with van der Waals surface area (Å²) < 4.78 is 0.706. The second-order valence-electron chi connectivity index (χ2n) is 3.53. The van der Waals surface area contributed by atoms with Crippen molar-refractivity contribution < 1.29 is 5.11 Å². The number of phenolic OH excluding ortho intramolecular Hbond substituents is 1. The van der Waals surface area contributed by atoms with E-state index in [0.29, 0.717) is 23.3 Å². The molecule has 0 aliphatic carbocycles. The molecule has 1 aromatic rings. The van der Waals surface area contributed by atoms with Crippen molar-refractivity contribution in [2.45, 2.75) is 13.1 Å². The highest BCUT2D eigenvalue weighted by atomic mass is 79.9. The van der Waals surface area contributed by atoms with Crippen molar-refractivity contribution >= 4 is 15.9 Å². The van der Waals surface area contributed by atoms with E-state index < -0.39 is 0 Å². The van der Waals surface area contributed by atoms with E-state index in [4.69, 9.17) is 5.73 Å². The molecule has 0 radical (unpaired) electrons. The molecule has 1 rings (SSSR count). The Bertz CT molecular complexity index is 326. The summed E-state index contributed by atoms with van der Waals surface area (Å²) in [5, 5.41) is 9.75. The van der Waals surface area contributed by atoms with Crippen LogP contribution < -0.4 is 5.73 Å². The van der Waals surface area contributed by atoms with Crippen LogP contribution in [0.25, 0.3) is 0 Å². The topological polar surface area (TPSA) is 49.5 Å². The minimum Gasteiger partial charge on any atom is -0.506 e. The number of phenols is 1. The summed E-state index contributed by atoms with van der Waals surface area (Å²) in [6.07, 6.45) is 0. The number of aromatic hydroxyl groups is 1.